The van der Waals surface area contributed by atoms with Crippen molar-refractivity contribution >= 4 is 29.0 Å². The van der Waals surface area contributed by atoms with Crippen LogP contribution in [0.25, 0.3) is 6.08 Å². The van der Waals surface area contributed by atoms with Crippen molar-refractivity contribution in [2.45, 2.75) is 6.92 Å². The van der Waals surface area contributed by atoms with Crippen LogP contribution in [0.15, 0.2) is 78.9 Å². The van der Waals surface area contributed by atoms with Crippen LogP contribution in [0.3, 0.4) is 0 Å². The highest BCUT2D eigenvalue weighted by Gasteiger charge is 2.22. The van der Waals surface area contributed by atoms with Crippen LogP contribution >= 0.6 is 0 Å². The average Bonchev–Trinajstić information content (AvgIpc) is 2.71. The Labute approximate surface area is 158 Å². The Kier molecular flexibility index (Phi) is 4.62. The maximum absolute atomic E-state index is 12.1. The molecule has 0 fully saturated rings. The van der Waals surface area contributed by atoms with E-state index in [1.807, 2.05) is 66.7 Å². The maximum atomic E-state index is 12.1. The van der Waals surface area contributed by atoms with Crippen molar-refractivity contribution in [2.24, 2.45) is 0 Å². The Morgan fingerprint density at radius 2 is 1.70 bits per heavy atom. The topological polar surface area (TPSA) is 41.6 Å². The summed E-state index contributed by atoms with van der Waals surface area (Å²) in [5.74, 6) is 1.47. The first-order valence-electron chi connectivity index (χ1n) is 8.97. The van der Waals surface area contributed by atoms with Crippen LogP contribution in [0.4, 0.5) is 17.1 Å². The van der Waals surface area contributed by atoms with Crippen molar-refractivity contribution in [3.8, 4) is 11.5 Å². The van der Waals surface area contributed by atoms with E-state index in [1.54, 1.807) is 6.08 Å². The number of nitrogens with one attached hydrogen (secondary N) is 1. The highest BCUT2D eigenvalue weighted by molar-refractivity contribution is 6.02. The van der Waals surface area contributed by atoms with Gasteiger partial charge in [0, 0.05) is 18.3 Å². The number of hydrogen-bond donors (Lipinski definition) is 1. The first-order chi connectivity index (χ1) is 13.2. The van der Waals surface area contributed by atoms with E-state index in [9.17, 15) is 4.79 Å². The summed E-state index contributed by atoms with van der Waals surface area (Å²) in [6, 6.07) is 23.4. The average molecular weight is 356 g/mol. The van der Waals surface area contributed by atoms with Gasteiger partial charge in [0.1, 0.15) is 0 Å². The zero-order chi connectivity index (χ0) is 18.6. The van der Waals surface area contributed by atoms with Crippen molar-refractivity contribution in [3.05, 3.63) is 84.4 Å². The van der Waals surface area contributed by atoms with Gasteiger partial charge in [-0.2, -0.15) is 0 Å². The first kappa shape index (κ1) is 16.9. The van der Waals surface area contributed by atoms with Gasteiger partial charge < -0.3 is 15.0 Å². The second-order valence-corrected chi connectivity index (χ2v) is 6.23. The fourth-order valence-electron chi connectivity index (χ4n) is 3.17. The Hall–Kier alpha value is -3.53. The number of para-hydroxylation sites is 3. The monoisotopic (exact) mass is 356 g/mol. The predicted octanol–water partition coefficient (Wildman–Crippen LogP) is 5.60. The number of amides is 1. The number of ether oxygens (including phenoxy) is 1. The second-order valence-electron chi connectivity index (χ2n) is 6.23. The van der Waals surface area contributed by atoms with Crippen LogP contribution in [0.2, 0.25) is 0 Å². The van der Waals surface area contributed by atoms with Crippen LogP contribution in [-0.4, -0.2) is 12.5 Å². The number of anilines is 3. The quantitative estimate of drug-likeness (QED) is 0.619. The second kappa shape index (κ2) is 7.38. The molecule has 1 heterocycles. The summed E-state index contributed by atoms with van der Waals surface area (Å²) in [5, 5.41) is 2.84. The molecule has 1 N–H and O–H groups in total. The van der Waals surface area contributed by atoms with E-state index in [0.29, 0.717) is 0 Å². The van der Waals surface area contributed by atoms with E-state index in [-0.39, 0.29) is 5.91 Å². The lowest BCUT2D eigenvalue weighted by atomic mass is 10.1. The van der Waals surface area contributed by atoms with Crippen LogP contribution < -0.4 is 15.0 Å². The SMILES string of the molecule is CCN1c2ccccc2Oc2cc(/C=C/C(=O)Nc3ccccc3)ccc21. The van der Waals surface area contributed by atoms with E-state index >= 15 is 0 Å². The van der Waals surface area contributed by atoms with E-state index in [2.05, 4.69) is 23.2 Å². The molecule has 134 valence electrons. The number of nitrogens with zero attached hydrogens (tertiary/aromatic N) is 1. The standard InChI is InChI=1S/C23H20N2O2/c1-2-25-19-10-6-7-11-21(19)27-22-16-17(12-14-20(22)25)13-15-23(26)24-18-8-4-3-5-9-18/h3-16H,2H2,1H3,(H,24,26)/b15-13+. The third-order valence-electron chi connectivity index (χ3n) is 4.44. The highest BCUT2D eigenvalue weighted by atomic mass is 16.5. The highest BCUT2D eigenvalue weighted by Crippen LogP contribution is 2.46. The lowest BCUT2D eigenvalue weighted by Gasteiger charge is -2.32. The molecule has 0 spiro atoms. The van der Waals surface area contributed by atoms with Gasteiger partial charge in [-0.15, -0.1) is 0 Å². The molecule has 0 saturated carbocycles. The summed E-state index contributed by atoms with van der Waals surface area (Å²) in [6.45, 7) is 2.97. The Balaban J connectivity index is 1.54. The molecule has 4 heteroatoms. The molecule has 0 radical (unpaired) electrons. The molecule has 4 nitrogen and oxygen atoms in total. The minimum Gasteiger partial charge on any atom is -0.453 e. The van der Waals surface area contributed by atoms with Crippen molar-refractivity contribution < 1.29 is 9.53 Å². The number of hydrogen-bond acceptors (Lipinski definition) is 3. The summed E-state index contributed by atoms with van der Waals surface area (Å²) in [5.41, 5.74) is 3.78. The summed E-state index contributed by atoms with van der Waals surface area (Å²) >= 11 is 0. The van der Waals surface area contributed by atoms with E-state index < -0.39 is 0 Å². The molecular weight excluding hydrogens is 336 g/mol. The van der Waals surface area contributed by atoms with E-state index in [0.717, 1.165) is 40.7 Å². The summed E-state index contributed by atoms with van der Waals surface area (Å²) in [4.78, 5) is 14.3. The molecule has 1 aliphatic rings. The summed E-state index contributed by atoms with van der Waals surface area (Å²) in [6.07, 6.45) is 3.32. The van der Waals surface area contributed by atoms with Crippen LogP contribution in [0, 0.1) is 0 Å². The van der Waals surface area contributed by atoms with Crippen molar-refractivity contribution in [1.82, 2.24) is 0 Å². The largest absolute Gasteiger partial charge is 0.453 e. The number of benzene rings is 3. The molecule has 0 aromatic heterocycles. The molecule has 0 saturated heterocycles. The fourth-order valence-corrected chi connectivity index (χ4v) is 3.17. The molecule has 0 atom stereocenters. The van der Waals surface area contributed by atoms with Gasteiger partial charge in [0.15, 0.2) is 11.5 Å². The lowest BCUT2D eigenvalue weighted by molar-refractivity contribution is -0.111. The predicted molar refractivity (Wildman–Crippen MR) is 110 cm³/mol. The number of fused-ring (bicyclic) bond motifs is 2. The van der Waals surface area contributed by atoms with Crippen molar-refractivity contribution in [1.29, 1.82) is 0 Å². The molecule has 1 aliphatic heterocycles. The van der Waals surface area contributed by atoms with E-state index in [1.165, 1.54) is 6.08 Å². The zero-order valence-electron chi connectivity index (χ0n) is 15.1. The molecular formula is C23H20N2O2. The van der Waals surface area contributed by atoms with Gasteiger partial charge in [-0.3, -0.25) is 4.79 Å². The van der Waals surface area contributed by atoms with E-state index in [4.69, 9.17) is 4.74 Å². The third-order valence-corrected chi connectivity index (χ3v) is 4.44. The van der Waals surface area contributed by atoms with Gasteiger partial charge in [0.2, 0.25) is 5.91 Å². The van der Waals surface area contributed by atoms with Crippen molar-refractivity contribution in [2.75, 3.05) is 16.8 Å². The summed E-state index contributed by atoms with van der Waals surface area (Å²) in [7, 11) is 0. The number of rotatable bonds is 4. The molecule has 3 aromatic carbocycles. The summed E-state index contributed by atoms with van der Waals surface area (Å²) < 4.78 is 6.08. The zero-order valence-corrected chi connectivity index (χ0v) is 15.1. The van der Waals surface area contributed by atoms with Gasteiger partial charge in [-0.05, 0) is 55.0 Å². The Morgan fingerprint density at radius 3 is 2.52 bits per heavy atom. The normalized spacial score (nSPS) is 12.3. The van der Waals surface area contributed by atoms with Crippen LogP contribution in [-0.2, 0) is 4.79 Å². The number of carbonyl (C=O) groups is 1. The molecule has 0 unspecified atom stereocenters. The molecule has 1 amide bonds. The van der Waals surface area contributed by atoms with Gasteiger partial charge >= 0.3 is 0 Å². The Bertz CT molecular complexity index is 996. The first-order valence-corrected chi connectivity index (χ1v) is 8.97. The van der Waals surface area contributed by atoms with Gasteiger partial charge in [-0.1, -0.05) is 36.4 Å². The molecule has 0 aliphatic carbocycles. The minimum atomic E-state index is -0.166. The van der Waals surface area contributed by atoms with Gasteiger partial charge in [-0.25, -0.2) is 0 Å². The van der Waals surface area contributed by atoms with Gasteiger partial charge in [0.25, 0.3) is 0 Å². The molecule has 3 aromatic rings. The Morgan fingerprint density at radius 1 is 0.963 bits per heavy atom. The van der Waals surface area contributed by atoms with Crippen LogP contribution in [0.5, 0.6) is 11.5 Å². The lowest BCUT2D eigenvalue weighted by Crippen LogP contribution is -2.20. The van der Waals surface area contributed by atoms with Crippen molar-refractivity contribution in [3.63, 3.8) is 0 Å². The molecule has 0 bridgehead atoms. The molecule has 4 rings (SSSR count). The third kappa shape index (κ3) is 3.55. The maximum Gasteiger partial charge on any atom is 0.248 e. The number of carbonyl (C=O) groups excluding carboxylic acids is 1. The van der Waals surface area contributed by atoms with Gasteiger partial charge in [0.05, 0.1) is 11.4 Å². The fraction of sp³-hybridized carbons (Fsp3) is 0.0870. The molecule has 27 heavy (non-hydrogen) atoms. The minimum absolute atomic E-state index is 0.166. The smallest absolute Gasteiger partial charge is 0.248 e. The van der Waals surface area contributed by atoms with Crippen LogP contribution in [0.1, 0.15) is 12.5 Å².